The van der Waals surface area contributed by atoms with Crippen LogP contribution in [0.4, 0.5) is 0 Å². The van der Waals surface area contributed by atoms with Crippen molar-refractivity contribution in [2.24, 2.45) is 5.92 Å². The molecule has 1 atom stereocenters. The molecule has 1 aromatic heterocycles. The zero-order chi connectivity index (χ0) is 37.6. The van der Waals surface area contributed by atoms with Gasteiger partial charge in [-0.15, -0.1) is 0 Å². The van der Waals surface area contributed by atoms with Gasteiger partial charge in [0, 0.05) is 22.6 Å². The van der Waals surface area contributed by atoms with Crippen molar-refractivity contribution in [3.8, 4) is 45.0 Å². The average Bonchev–Trinajstić information content (AvgIpc) is 3.73. The fourth-order valence-corrected chi connectivity index (χ4v) is 9.07. The molecule has 3 heteroatoms. The van der Waals surface area contributed by atoms with Crippen LogP contribution in [0.3, 0.4) is 0 Å². The second-order valence-electron chi connectivity index (χ2n) is 14.7. The smallest absolute Gasteiger partial charge is 0.164 e. The number of hydrogen-bond acceptors (Lipinski definition) is 3. The first-order valence-corrected chi connectivity index (χ1v) is 19.4. The quantitative estimate of drug-likeness (QED) is 0.178. The second-order valence-corrected chi connectivity index (χ2v) is 14.7. The summed E-state index contributed by atoms with van der Waals surface area (Å²) in [7, 11) is 0. The van der Waals surface area contributed by atoms with Crippen molar-refractivity contribution in [3.05, 3.63) is 233 Å². The van der Waals surface area contributed by atoms with E-state index in [0.29, 0.717) is 17.5 Å². The minimum absolute atomic E-state index is 0.0620. The summed E-state index contributed by atoms with van der Waals surface area (Å²) in [5.41, 5.74) is 16.5. The van der Waals surface area contributed by atoms with Crippen molar-refractivity contribution < 1.29 is 0 Å². The Labute approximate surface area is 328 Å². The highest BCUT2D eigenvalue weighted by Gasteiger charge is 2.54. The molecule has 7 aromatic rings. The molecule has 0 N–H and O–H groups in total. The van der Waals surface area contributed by atoms with Crippen LogP contribution in [-0.2, 0) is 5.41 Å². The minimum atomic E-state index is -0.457. The largest absolute Gasteiger partial charge is 0.208 e. The van der Waals surface area contributed by atoms with E-state index >= 15 is 0 Å². The van der Waals surface area contributed by atoms with Gasteiger partial charge in [-0.1, -0.05) is 195 Å². The molecule has 0 aliphatic heterocycles. The van der Waals surface area contributed by atoms with Crippen molar-refractivity contribution in [2.45, 2.75) is 19.3 Å². The van der Waals surface area contributed by atoms with Crippen LogP contribution in [0.25, 0.3) is 56.2 Å². The lowest BCUT2D eigenvalue weighted by molar-refractivity contribution is 0.758. The van der Waals surface area contributed by atoms with Crippen LogP contribution in [0.15, 0.2) is 205 Å². The topological polar surface area (TPSA) is 38.7 Å². The van der Waals surface area contributed by atoms with E-state index in [4.69, 9.17) is 15.0 Å². The van der Waals surface area contributed by atoms with Gasteiger partial charge in [-0.05, 0) is 74.2 Å². The van der Waals surface area contributed by atoms with Crippen molar-refractivity contribution in [1.82, 2.24) is 15.0 Å². The minimum Gasteiger partial charge on any atom is -0.208 e. The lowest BCUT2D eigenvalue weighted by Crippen LogP contribution is -2.28. The summed E-state index contributed by atoms with van der Waals surface area (Å²) in [6.45, 7) is 4.40. The fraction of sp³-hybridized carbons (Fsp3) is 0.0755. The Morgan fingerprint density at radius 2 is 1.02 bits per heavy atom. The zero-order valence-electron chi connectivity index (χ0n) is 31.4. The molecule has 1 heterocycles. The van der Waals surface area contributed by atoms with E-state index in [1.54, 1.807) is 0 Å². The molecule has 0 amide bonds. The summed E-state index contributed by atoms with van der Waals surface area (Å²) in [6.07, 6.45) is 13.5. The third-order valence-electron chi connectivity index (χ3n) is 11.5. The van der Waals surface area contributed by atoms with E-state index in [1.807, 2.05) is 24.3 Å². The maximum atomic E-state index is 5.18. The Morgan fingerprint density at radius 1 is 0.500 bits per heavy atom. The van der Waals surface area contributed by atoms with Crippen molar-refractivity contribution in [3.63, 3.8) is 0 Å². The van der Waals surface area contributed by atoms with Gasteiger partial charge in [-0.25, -0.2) is 15.0 Å². The first-order valence-electron chi connectivity index (χ1n) is 19.4. The number of aromatic nitrogens is 3. The van der Waals surface area contributed by atoms with Gasteiger partial charge in [-0.2, -0.15) is 0 Å². The highest BCUT2D eigenvalue weighted by molar-refractivity contribution is 6.01. The summed E-state index contributed by atoms with van der Waals surface area (Å²) < 4.78 is 0. The Balaban J connectivity index is 1.16. The van der Waals surface area contributed by atoms with Crippen LogP contribution < -0.4 is 0 Å². The molecular formula is C53H39N3. The molecule has 3 aliphatic rings. The molecule has 3 nitrogen and oxygen atoms in total. The number of hydrogen-bond donors (Lipinski definition) is 0. The maximum Gasteiger partial charge on any atom is 0.164 e. The molecule has 3 aliphatic carbocycles. The molecule has 0 radical (unpaired) electrons. The third-order valence-corrected chi connectivity index (χ3v) is 11.5. The van der Waals surface area contributed by atoms with Gasteiger partial charge < -0.3 is 0 Å². The van der Waals surface area contributed by atoms with E-state index in [9.17, 15) is 0 Å². The van der Waals surface area contributed by atoms with E-state index in [-0.39, 0.29) is 5.92 Å². The maximum absolute atomic E-state index is 5.18. The molecule has 0 fully saturated rings. The molecule has 0 saturated heterocycles. The fourth-order valence-electron chi connectivity index (χ4n) is 9.07. The molecule has 6 aromatic carbocycles. The standard InChI is InChI=1S/C53H39N3/c1-3-4-24-45-44-27-13-16-30-48(44)53(46-28-14-11-25-42(46)43-26-12-15-29-47(43)53)49(45)41-32-31-40(33-35(41)2)52-55-50(37-20-9-6-10-21-37)54-51(56-52)39-23-17-22-38(34-39)36-18-7-5-8-19-36/h3-35H,1-2H3/b4-3-,45-24+,49-41+. The summed E-state index contributed by atoms with van der Waals surface area (Å²) in [4.78, 5) is 15.4. The van der Waals surface area contributed by atoms with Crippen LogP contribution in [-0.4, -0.2) is 15.0 Å². The number of allylic oxidation sites excluding steroid dienone is 10. The Hall–Kier alpha value is -6.97. The van der Waals surface area contributed by atoms with Gasteiger partial charge in [0.05, 0.1) is 5.41 Å². The average molecular weight is 718 g/mol. The SMILES string of the molecule is C\C=C/C=C1/C(=C2/C=CC(c3nc(-c4ccccc4)nc(-c4cccc(-c5ccccc5)c4)n3)=CC2C)C2(c3ccccc31)c1ccccc1-c1ccccc12. The van der Waals surface area contributed by atoms with E-state index in [2.05, 4.69) is 184 Å². The lowest BCUT2D eigenvalue weighted by Gasteiger charge is -2.34. The predicted octanol–water partition coefficient (Wildman–Crippen LogP) is 12.7. The van der Waals surface area contributed by atoms with Gasteiger partial charge in [0.25, 0.3) is 0 Å². The normalized spacial score (nSPS) is 18.3. The Kier molecular flexibility index (Phi) is 8.22. The van der Waals surface area contributed by atoms with Crippen LogP contribution >= 0.6 is 0 Å². The van der Waals surface area contributed by atoms with E-state index in [0.717, 1.165) is 27.8 Å². The molecule has 0 bridgehead atoms. The molecule has 0 saturated carbocycles. The number of fused-ring (bicyclic) bond motifs is 7. The van der Waals surface area contributed by atoms with Gasteiger partial charge in [0.1, 0.15) is 0 Å². The molecule has 266 valence electrons. The first-order chi connectivity index (χ1) is 27.6. The van der Waals surface area contributed by atoms with Gasteiger partial charge in [-0.3, -0.25) is 0 Å². The number of benzene rings is 6. The Morgan fingerprint density at radius 3 is 1.66 bits per heavy atom. The van der Waals surface area contributed by atoms with Gasteiger partial charge >= 0.3 is 0 Å². The summed E-state index contributed by atoms with van der Waals surface area (Å²) >= 11 is 0. The highest BCUT2D eigenvalue weighted by Crippen LogP contribution is 2.65. The molecule has 1 unspecified atom stereocenters. The van der Waals surface area contributed by atoms with Crippen LogP contribution in [0, 0.1) is 5.92 Å². The van der Waals surface area contributed by atoms with Crippen molar-refractivity contribution in [2.75, 3.05) is 0 Å². The number of rotatable bonds is 5. The monoisotopic (exact) mass is 717 g/mol. The van der Waals surface area contributed by atoms with Gasteiger partial charge in [0.2, 0.25) is 0 Å². The second kappa shape index (κ2) is 13.7. The molecule has 10 rings (SSSR count). The van der Waals surface area contributed by atoms with Crippen LogP contribution in [0.1, 0.15) is 41.9 Å². The molecular weight excluding hydrogens is 679 g/mol. The third kappa shape index (κ3) is 5.31. The molecule has 56 heavy (non-hydrogen) atoms. The lowest BCUT2D eigenvalue weighted by atomic mass is 9.67. The van der Waals surface area contributed by atoms with E-state index < -0.39 is 5.41 Å². The molecule has 1 spiro atoms. The first kappa shape index (κ1) is 33.6. The summed E-state index contributed by atoms with van der Waals surface area (Å²) in [6, 6.07) is 56.1. The van der Waals surface area contributed by atoms with Crippen molar-refractivity contribution >= 4 is 11.1 Å². The van der Waals surface area contributed by atoms with Crippen LogP contribution in [0.5, 0.6) is 0 Å². The van der Waals surface area contributed by atoms with Gasteiger partial charge in [0.15, 0.2) is 17.5 Å². The summed E-state index contributed by atoms with van der Waals surface area (Å²) in [5, 5.41) is 0. The zero-order valence-corrected chi connectivity index (χ0v) is 31.4. The van der Waals surface area contributed by atoms with Crippen LogP contribution in [0.2, 0.25) is 0 Å². The van der Waals surface area contributed by atoms with Crippen molar-refractivity contribution in [1.29, 1.82) is 0 Å². The Bertz CT molecular complexity index is 2770. The van der Waals surface area contributed by atoms with E-state index in [1.165, 1.54) is 50.1 Å². The summed E-state index contributed by atoms with van der Waals surface area (Å²) in [5.74, 6) is 2.03. The highest BCUT2D eigenvalue weighted by atomic mass is 15.0. The number of nitrogens with zero attached hydrogens (tertiary/aromatic N) is 3. The predicted molar refractivity (Wildman–Crippen MR) is 230 cm³/mol.